The van der Waals surface area contributed by atoms with Crippen molar-refractivity contribution in [3.05, 3.63) is 54.4 Å². The molecule has 1 aromatic rings. The molecule has 0 heterocycles. The van der Waals surface area contributed by atoms with E-state index in [0.717, 1.165) is 36.5 Å². The Bertz CT molecular complexity index is 624. The third kappa shape index (κ3) is 7.27. The molecule has 1 rings (SSSR count). The molecule has 0 spiro atoms. The number of benzene rings is 1. The maximum atomic E-state index is 4.23. The molecular formula is C24H40N2. The van der Waals surface area contributed by atoms with Crippen LogP contribution in [-0.4, -0.2) is 6.54 Å². The minimum atomic E-state index is 0.0313. The van der Waals surface area contributed by atoms with E-state index in [1.54, 1.807) is 0 Å². The van der Waals surface area contributed by atoms with Crippen LogP contribution in [0.25, 0.3) is 0 Å². The van der Waals surface area contributed by atoms with E-state index in [4.69, 9.17) is 0 Å². The summed E-state index contributed by atoms with van der Waals surface area (Å²) < 4.78 is 0. The topological polar surface area (TPSA) is 24.1 Å². The predicted octanol–water partition coefficient (Wildman–Crippen LogP) is 6.87. The van der Waals surface area contributed by atoms with Gasteiger partial charge in [-0.1, -0.05) is 86.7 Å². The average Bonchev–Trinajstić information content (AvgIpc) is 2.44. The SMILES string of the molecule is C=C(CC(C)(C)C)NCCC(C)(C)c1ccccc1NC(=C)C(C)(C)C. The average molecular weight is 357 g/mol. The van der Waals surface area contributed by atoms with Gasteiger partial charge in [0.2, 0.25) is 0 Å². The first-order chi connectivity index (χ1) is 11.7. The Hall–Kier alpha value is -1.70. The molecule has 0 bridgehead atoms. The molecule has 0 aromatic heterocycles. The Kier molecular flexibility index (Phi) is 7.16. The fourth-order valence-corrected chi connectivity index (χ4v) is 2.92. The van der Waals surface area contributed by atoms with Crippen LogP contribution in [0.1, 0.15) is 73.8 Å². The molecule has 0 aliphatic carbocycles. The molecule has 146 valence electrons. The molecular weight excluding hydrogens is 316 g/mol. The Balaban J connectivity index is 2.80. The van der Waals surface area contributed by atoms with Gasteiger partial charge >= 0.3 is 0 Å². The molecule has 0 atom stereocenters. The zero-order valence-corrected chi connectivity index (χ0v) is 18.3. The van der Waals surface area contributed by atoms with Crippen molar-refractivity contribution in [1.29, 1.82) is 0 Å². The molecule has 0 unspecified atom stereocenters. The number of para-hydroxylation sites is 1. The minimum absolute atomic E-state index is 0.0313. The van der Waals surface area contributed by atoms with Gasteiger partial charge in [0.15, 0.2) is 0 Å². The Labute approximate surface area is 162 Å². The van der Waals surface area contributed by atoms with E-state index in [0.29, 0.717) is 0 Å². The smallest absolute Gasteiger partial charge is 0.0419 e. The third-order valence-electron chi connectivity index (χ3n) is 4.72. The highest BCUT2D eigenvalue weighted by Crippen LogP contribution is 2.35. The molecule has 1 aromatic carbocycles. The molecule has 2 nitrogen and oxygen atoms in total. The van der Waals surface area contributed by atoms with Crippen molar-refractivity contribution >= 4 is 5.69 Å². The lowest BCUT2D eigenvalue weighted by atomic mass is 9.80. The van der Waals surface area contributed by atoms with Crippen LogP contribution in [0.3, 0.4) is 0 Å². The second-order valence-electron chi connectivity index (χ2n) is 10.3. The van der Waals surface area contributed by atoms with E-state index in [2.05, 4.69) is 103 Å². The number of nitrogens with one attached hydrogen (secondary N) is 2. The van der Waals surface area contributed by atoms with Crippen molar-refractivity contribution in [2.75, 3.05) is 11.9 Å². The van der Waals surface area contributed by atoms with Gasteiger partial charge < -0.3 is 10.6 Å². The molecule has 0 radical (unpaired) electrons. The van der Waals surface area contributed by atoms with Crippen molar-refractivity contribution in [3.63, 3.8) is 0 Å². The van der Waals surface area contributed by atoms with Crippen LogP contribution in [0, 0.1) is 10.8 Å². The highest BCUT2D eigenvalue weighted by atomic mass is 14.9. The van der Waals surface area contributed by atoms with Crippen LogP contribution in [0.5, 0.6) is 0 Å². The van der Waals surface area contributed by atoms with Gasteiger partial charge in [0.25, 0.3) is 0 Å². The van der Waals surface area contributed by atoms with Crippen LogP contribution >= 0.6 is 0 Å². The first-order valence-corrected chi connectivity index (χ1v) is 9.70. The van der Waals surface area contributed by atoms with E-state index >= 15 is 0 Å². The fourth-order valence-electron chi connectivity index (χ4n) is 2.92. The molecule has 0 aliphatic rings. The van der Waals surface area contributed by atoms with Gasteiger partial charge in [0.05, 0.1) is 0 Å². The quantitative estimate of drug-likeness (QED) is 0.531. The first kappa shape index (κ1) is 22.3. The van der Waals surface area contributed by atoms with E-state index in [9.17, 15) is 0 Å². The molecule has 0 amide bonds. The third-order valence-corrected chi connectivity index (χ3v) is 4.72. The van der Waals surface area contributed by atoms with Crippen LogP contribution in [0.15, 0.2) is 48.8 Å². The highest BCUT2D eigenvalue weighted by molar-refractivity contribution is 5.57. The zero-order valence-electron chi connectivity index (χ0n) is 18.3. The van der Waals surface area contributed by atoms with Gasteiger partial charge in [-0.3, -0.25) is 0 Å². The van der Waals surface area contributed by atoms with Gasteiger partial charge in [-0.2, -0.15) is 0 Å². The van der Waals surface area contributed by atoms with Crippen LogP contribution in [0.2, 0.25) is 0 Å². The van der Waals surface area contributed by atoms with E-state index in [1.807, 2.05) is 0 Å². The maximum Gasteiger partial charge on any atom is 0.0419 e. The van der Waals surface area contributed by atoms with Crippen molar-refractivity contribution in [2.24, 2.45) is 10.8 Å². The molecule has 0 saturated heterocycles. The molecule has 0 fully saturated rings. The van der Waals surface area contributed by atoms with Gasteiger partial charge in [-0.05, 0) is 35.3 Å². The molecule has 26 heavy (non-hydrogen) atoms. The van der Waals surface area contributed by atoms with Gasteiger partial charge in [-0.25, -0.2) is 0 Å². The lowest BCUT2D eigenvalue weighted by Crippen LogP contribution is -2.27. The number of anilines is 1. The summed E-state index contributed by atoms with van der Waals surface area (Å²) in [5.74, 6) is 0. The second kappa shape index (κ2) is 8.33. The van der Waals surface area contributed by atoms with E-state index < -0.39 is 0 Å². The zero-order chi connectivity index (χ0) is 20.2. The summed E-state index contributed by atoms with van der Waals surface area (Å²) in [6, 6.07) is 8.58. The predicted molar refractivity (Wildman–Crippen MR) is 118 cm³/mol. The fraction of sp³-hybridized carbons (Fsp3) is 0.583. The van der Waals surface area contributed by atoms with Crippen molar-refractivity contribution in [2.45, 2.75) is 73.6 Å². The Morgan fingerprint density at radius 1 is 0.923 bits per heavy atom. The summed E-state index contributed by atoms with van der Waals surface area (Å²) in [4.78, 5) is 0. The number of rotatable bonds is 8. The van der Waals surface area contributed by atoms with Crippen LogP contribution < -0.4 is 10.6 Å². The second-order valence-corrected chi connectivity index (χ2v) is 10.3. The molecule has 2 heteroatoms. The summed E-state index contributed by atoms with van der Waals surface area (Å²) in [6.07, 6.45) is 2.04. The molecule has 0 saturated carbocycles. The lowest BCUT2D eigenvalue weighted by molar-refractivity contribution is 0.392. The lowest BCUT2D eigenvalue weighted by Gasteiger charge is -2.31. The summed E-state index contributed by atoms with van der Waals surface area (Å²) in [5, 5.41) is 7.07. The van der Waals surface area contributed by atoms with Crippen LogP contribution in [-0.2, 0) is 5.41 Å². The largest absolute Gasteiger partial charge is 0.389 e. The Morgan fingerprint density at radius 3 is 2.04 bits per heavy atom. The van der Waals surface area contributed by atoms with E-state index in [1.165, 1.54) is 5.56 Å². The van der Waals surface area contributed by atoms with Crippen LogP contribution in [0.4, 0.5) is 5.69 Å². The maximum absolute atomic E-state index is 4.23. The summed E-state index contributed by atoms with van der Waals surface area (Å²) in [6.45, 7) is 27.2. The first-order valence-electron chi connectivity index (χ1n) is 9.70. The van der Waals surface area contributed by atoms with Crippen molar-refractivity contribution in [3.8, 4) is 0 Å². The number of hydrogen-bond donors (Lipinski definition) is 2. The highest BCUT2D eigenvalue weighted by Gasteiger charge is 2.25. The van der Waals surface area contributed by atoms with Gasteiger partial charge in [0.1, 0.15) is 0 Å². The van der Waals surface area contributed by atoms with Crippen molar-refractivity contribution < 1.29 is 0 Å². The number of hydrogen-bond acceptors (Lipinski definition) is 2. The summed E-state index contributed by atoms with van der Waals surface area (Å²) >= 11 is 0. The molecule has 2 N–H and O–H groups in total. The summed E-state index contributed by atoms with van der Waals surface area (Å²) in [5.41, 5.74) is 5.00. The number of allylic oxidation sites excluding steroid dienone is 2. The standard InChI is InChI=1S/C24H40N2/c1-18(17-22(3,4)5)25-16-15-24(9,10)20-13-11-12-14-21(20)26-19(2)23(6,7)8/h11-14,25-26H,1-2,15-17H2,3-10H3. The minimum Gasteiger partial charge on any atom is -0.389 e. The normalized spacial score (nSPS) is 12.6. The van der Waals surface area contributed by atoms with Gasteiger partial charge in [0, 0.05) is 29.0 Å². The van der Waals surface area contributed by atoms with E-state index in [-0.39, 0.29) is 16.2 Å². The Morgan fingerprint density at radius 2 is 1.50 bits per heavy atom. The monoisotopic (exact) mass is 356 g/mol. The summed E-state index contributed by atoms with van der Waals surface area (Å²) in [7, 11) is 0. The van der Waals surface area contributed by atoms with Gasteiger partial charge in [-0.15, -0.1) is 0 Å². The van der Waals surface area contributed by atoms with Crippen molar-refractivity contribution in [1.82, 2.24) is 5.32 Å². The molecule has 0 aliphatic heterocycles.